The molecule has 2 rings (SSSR count). The second-order valence-corrected chi connectivity index (χ2v) is 6.01. The fraction of sp³-hybridized carbons (Fsp3) is 0.125. The number of nitrogens with zero attached hydrogens (tertiary/aromatic N) is 1. The molecule has 0 aliphatic carbocycles. The number of aryl methyl sites for hydroxylation is 1. The summed E-state index contributed by atoms with van der Waals surface area (Å²) in [5.74, 6) is 0.178. The summed E-state index contributed by atoms with van der Waals surface area (Å²) in [4.78, 5) is 11.6. The Kier molecular flexibility index (Phi) is 6.01. The second-order valence-electron chi connectivity index (χ2n) is 4.72. The smallest absolute Gasteiger partial charge is 0.277 e. The van der Waals surface area contributed by atoms with E-state index in [0.717, 1.165) is 5.56 Å². The van der Waals surface area contributed by atoms with Gasteiger partial charge in [-0.1, -0.05) is 29.3 Å². The highest BCUT2D eigenvalue weighted by Crippen LogP contribution is 2.30. The molecule has 0 spiro atoms. The maximum absolute atomic E-state index is 11.6. The average molecular weight is 398 g/mol. The van der Waals surface area contributed by atoms with E-state index in [0.29, 0.717) is 20.8 Å². The van der Waals surface area contributed by atoms with Crippen molar-refractivity contribution < 1.29 is 14.6 Å². The predicted octanol–water partition coefficient (Wildman–Crippen LogP) is 3.65. The molecule has 7 heteroatoms. The molecule has 2 N–H and O–H groups in total. The van der Waals surface area contributed by atoms with E-state index in [9.17, 15) is 9.90 Å². The van der Waals surface area contributed by atoms with Gasteiger partial charge in [-0.2, -0.15) is 5.10 Å². The molecular formula is C16H14BrClN2O3. The molecule has 0 radical (unpaired) electrons. The van der Waals surface area contributed by atoms with Crippen LogP contribution in [0, 0.1) is 6.92 Å². The van der Waals surface area contributed by atoms with E-state index in [2.05, 4.69) is 26.5 Å². The van der Waals surface area contributed by atoms with E-state index >= 15 is 0 Å². The van der Waals surface area contributed by atoms with E-state index in [-0.39, 0.29) is 12.4 Å². The molecule has 0 aliphatic rings. The Labute approximate surface area is 147 Å². The lowest BCUT2D eigenvalue weighted by atomic mass is 10.2. The van der Waals surface area contributed by atoms with E-state index in [1.165, 1.54) is 12.3 Å². The number of phenols is 1. The van der Waals surface area contributed by atoms with Crippen LogP contribution in [0.3, 0.4) is 0 Å². The van der Waals surface area contributed by atoms with Crippen LogP contribution >= 0.6 is 27.5 Å². The average Bonchev–Trinajstić information content (AvgIpc) is 2.51. The highest BCUT2D eigenvalue weighted by Gasteiger charge is 2.06. The van der Waals surface area contributed by atoms with Crippen molar-refractivity contribution in [2.45, 2.75) is 6.92 Å². The molecule has 5 nitrogen and oxygen atoms in total. The Bertz CT molecular complexity index is 733. The monoisotopic (exact) mass is 396 g/mol. The molecule has 0 heterocycles. The number of ether oxygens (including phenoxy) is 1. The molecule has 2 aromatic rings. The first-order chi connectivity index (χ1) is 11.0. The Morgan fingerprint density at radius 3 is 2.78 bits per heavy atom. The van der Waals surface area contributed by atoms with Gasteiger partial charge in [0.05, 0.1) is 10.7 Å². The molecule has 0 bridgehead atoms. The van der Waals surface area contributed by atoms with Crippen molar-refractivity contribution in [3.05, 3.63) is 57.0 Å². The minimum atomic E-state index is -0.414. The van der Waals surface area contributed by atoms with Gasteiger partial charge in [0.1, 0.15) is 11.5 Å². The molecule has 1 amide bonds. The van der Waals surface area contributed by atoms with Crippen LogP contribution in [0.4, 0.5) is 0 Å². The van der Waals surface area contributed by atoms with Gasteiger partial charge in [0.25, 0.3) is 5.91 Å². The summed E-state index contributed by atoms with van der Waals surface area (Å²) in [6, 6.07) is 10.4. The minimum absolute atomic E-state index is 0.0108. The van der Waals surface area contributed by atoms with Crippen molar-refractivity contribution in [1.29, 1.82) is 0 Å². The molecule has 23 heavy (non-hydrogen) atoms. The normalized spacial score (nSPS) is 10.7. The van der Waals surface area contributed by atoms with Crippen LogP contribution in [0.1, 0.15) is 11.1 Å². The number of hydrogen-bond acceptors (Lipinski definition) is 4. The lowest BCUT2D eigenvalue weighted by molar-refractivity contribution is -0.123. The fourth-order valence-corrected chi connectivity index (χ4v) is 2.51. The molecule has 2 aromatic carbocycles. The number of carbonyl (C=O) groups excluding carboxylic acids is 1. The zero-order valence-corrected chi connectivity index (χ0v) is 14.6. The summed E-state index contributed by atoms with van der Waals surface area (Å²) in [5.41, 5.74) is 3.80. The van der Waals surface area contributed by atoms with Crippen molar-refractivity contribution in [3.8, 4) is 11.5 Å². The summed E-state index contributed by atoms with van der Waals surface area (Å²) in [6.45, 7) is 1.81. The molecule has 0 saturated heterocycles. The zero-order chi connectivity index (χ0) is 16.8. The Balaban J connectivity index is 1.88. The summed E-state index contributed by atoms with van der Waals surface area (Å²) in [6.07, 6.45) is 1.30. The first-order valence-corrected chi connectivity index (χ1v) is 7.82. The third-order valence-electron chi connectivity index (χ3n) is 2.84. The second kappa shape index (κ2) is 7.99. The first-order valence-electron chi connectivity index (χ1n) is 6.65. The topological polar surface area (TPSA) is 70.9 Å². The van der Waals surface area contributed by atoms with Crippen LogP contribution in [-0.2, 0) is 4.79 Å². The van der Waals surface area contributed by atoms with Gasteiger partial charge in [0.15, 0.2) is 6.61 Å². The number of halogens is 2. The molecule has 0 atom stereocenters. The number of benzene rings is 2. The number of aromatic hydroxyl groups is 1. The van der Waals surface area contributed by atoms with E-state index in [4.69, 9.17) is 16.3 Å². The zero-order valence-electron chi connectivity index (χ0n) is 12.2. The van der Waals surface area contributed by atoms with Crippen LogP contribution in [0.15, 0.2) is 46.0 Å². The quantitative estimate of drug-likeness (QED) is 0.598. The molecule has 0 fully saturated rings. The molecule has 0 aromatic heterocycles. The van der Waals surface area contributed by atoms with Crippen molar-refractivity contribution in [2.24, 2.45) is 5.10 Å². The summed E-state index contributed by atoms with van der Waals surface area (Å²) >= 11 is 9.05. The minimum Gasteiger partial charge on any atom is -0.506 e. The standard InChI is InChI=1S/C16H14BrClN2O3/c1-10-2-4-13(5-3-10)23-9-15(21)20-19-8-11-6-12(18)7-14(17)16(11)22/h2-8,22H,9H2,1H3,(H,20,21)/b19-8+. The number of hydrogen-bond donors (Lipinski definition) is 2. The largest absolute Gasteiger partial charge is 0.506 e. The third kappa shape index (κ3) is 5.26. The molecule has 120 valence electrons. The molecule has 0 unspecified atom stereocenters. The maximum Gasteiger partial charge on any atom is 0.277 e. The van der Waals surface area contributed by atoms with Crippen LogP contribution in [0.25, 0.3) is 0 Å². The molecule has 0 saturated carbocycles. The first kappa shape index (κ1) is 17.3. The predicted molar refractivity (Wildman–Crippen MR) is 93.2 cm³/mol. The van der Waals surface area contributed by atoms with Gasteiger partial charge in [-0.3, -0.25) is 4.79 Å². The van der Waals surface area contributed by atoms with Gasteiger partial charge in [-0.05, 0) is 47.1 Å². The van der Waals surface area contributed by atoms with Crippen molar-refractivity contribution in [2.75, 3.05) is 6.61 Å². The number of amides is 1. The highest BCUT2D eigenvalue weighted by molar-refractivity contribution is 9.10. The van der Waals surface area contributed by atoms with Gasteiger partial charge >= 0.3 is 0 Å². The van der Waals surface area contributed by atoms with Gasteiger partial charge in [0, 0.05) is 10.6 Å². The lowest BCUT2D eigenvalue weighted by Crippen LogP contribution is -2.24. The van der Waals surface area contributed by atoms with E-state index in [1.807, 2.05) is 19.1 Å². The van der Waals surface area contributed by atoms with E-state index < -0.39 is 5.91 Å². The van der Waals surface area contributed by atoms with Crippen molar-refractivity contribution >= 4 is 39.7 Å². The van der Waals surface area contributed by atoms with Gasteiger partial charge in [-0.25, -0.2) is 5.43 Å². The van der Waals surface area contributed by atoms with Crippen LogP contribution < -0.4 is 10.2 Å². The van der Waals surface area contributed by atoms with Crippen LogP contribution in [0.5, 0.6) is 11.5 Å². The third-order valence-corrected chi connectivity index (χ3v) is 3.66. The maximum atomic E-state index is 11.6. The van der Waals surface area contributed by atoms with Gasteiger partial charge < -0.3 is 9.84 Å². The number of rotatable bonds is 5. The SMILES string of the molecule is Cc1ccc(OCC(=O)N/N=C/c2cc(Cl)cc(Br)c2O)cc1. The van der Waals surface area contributed by atoms with Crippen molar-refractivity contribution in [1.82, 2.24) is 5.43 Å². The number of carbonyl (C=O) groups is 1. The summed E-state index contributed by atoms with van der Waals surface area (Å²) in [5, 5.41) is 14.0. The number of phenolic OH excluding ortho intramolecular Hbond substituents is 1. The fourth-order valence-electron chi connectivity index (χ4n) is 1.67. The number of nitrogens with one attached hydrogen (secondary N) is 1. The lowest BCUT2D eigenvalue weighted by Gasteiger charge is -2.05. The molecule has 0 aliphatic heterocycles. The number of hydrazone groups is 1. The van der Waals surface area contributed by atoms with Gasteiger partial charge in [-0.15, -0.1) is 0 Å². The summed E-state index contributed by atoms with van der Waals surface area (Å²) in [7, 11) is 0. The Morgan fingerprint density at radius 2 is 2.09 bits per heavy atom. The Morgan fingerprint density at radius 1 is 1.39 bits per heavy atom. The van der Waals surface area contributed by atoms with Crippen LogP contribution in [-0.4, -0.2) is 23.8 Å². The summed E-state index contributed by atoms with van der Waals surface area (Å²) < 4.78 is 5.77. The van der Waals surface area contributed by atoms with E-state index in [1.54, 1.807) is 18.2 Å². The van der Waals surface area contributed by atoms with Crippen LogP contribution in [0.2, 0.25) is 5.02 Å². The van der Waals surface area contributed by atoms with Crippen molar-refractivity contribution in [3.63, 3.8) is 0 Å². The highest BCUT2D eigenvalue weighted by atomic mass is 79.9. The van der Waals surface area contributed by atoms with Gasteiger partial charge in [0.2, 0.25) is 0 Å². The molecular weight excluding hydrogens is 384 g/mol. The Hall–Kier alpha value is -2.05.